The molecule has 3 radical (unpaired) electrons. The van der Waals surface area contributed by atoms with Gasteiger partial charge in [0.15, 0.2) is 0 Å². The van der Waals surface area contributed by atoms with Gasteiger partial charge in [0.05, 0.1) is 87.3 Å². The topological polar surface area (TPSA) is 34.1 Å². The Morgan fingerprint density at radius 2 is 0.702 bits per heavy atom. The van der Waals surface area contributed by atoms with Gasteiger partial charge in [-0.05, 0) is 44.9 Å². The largest absolute Gasteiger partial charge is 0.328 e. The van der Waals surface area contributed by atoms with E-state index in [1.165, 1.54) is 86.5 Å². The molecular weight excluding hydrogens is 829 g/mol. The van der Waals surface area contributed by atoms with Crippen molar-refractivity contribution in [2.45, 2.75) is 124 Å². The second-order valence-electron chi connectivity index (χ2n) is 15.5. The Morgan fingerprint density at radius 3 is 0.936 bits per heavy atom. The molecule has 0 aliphatic carbocycles. The van der Waals surface area contributed by atoms with Crippen LogP contribution >= 0.6 is 0 Å². The van der Waals surface area contributed by atoms with E-state index in [4.69, 9.17) is 0 Å². The van der Waals surface area contributed by atoms with Crippen molar-refractivity contribution in [2.24, 2.45) is 35.5 Å². The van der Waals surface area contributed by atoms with E-state index in [9.17, 15) is 8.42 Å². The van der Waals surface area contributed by atoms with Gasteiger partial charge >= 0.3 is 0 Å². The number of piperidine rings is 2. The molecule has 6 unspecified atom stereocenters. The zero-order valence-electron chi connectivity index (χ0n) is 29.7. The van der Waals surface area contributed by atoms with Gasteiger partial charge in [-0.25, -0.2) is 8.42 Å². The van der Waals surface area contributed by atoms with E-state index in [0.717, 1.165) is 41.1 Å². The molecule has 0 aromatic carbocycles. The van der Waals surface area contributed by atoms with E-state index in [2.05, 4.69) is 76.9 Å². The monoisotopic (exact) mass is 926 g/mol. The minimum Gasteiger partial charge on any atom is -0.328 e. The Kier molecular flexibility index (Phi) is 49.6. The van der Waals surface area contributed by atoms with Crippen molar-refractivity contribution in [2.75, 3.05) is 93.6 Å². The quantitative estimate of drug-likeness (QED) is 0.239. The molecule has 3 saturated heterocycles. The third kappa shape index (κ3) is 30.2. The number of hydrogen-bond acceptors (Lipinski definition) is 2. The Balaban J connectivity index is -0.0000000515. The van der Waals surface area contributed by atoms with Crippen molar-refractivity contribution in [1.82, 2.24) is 0 Å². The number of nitrogens with zero attached hydrogens (tertiary/aromatic N) is 3. The maximum atomic E-state index is 11.3. The van der Waals surface area contributed by atoms with Gasteiger partial charge in [0, 0.05) is 141 Å². The molecule has 3 aliphatic heterocycles. The molecule has 6 atom stereocenters. The second-order valence-corrected chi connectivity index (χ2v) is 17.7. The number of hydrogen-bond donors (Lipinski definition) is 0. The van der Waals surface area contributed by atoms with E-state index in [-0.39, 0.29) is 144 Å². The number of sulfone groups is 1. The van der Waals surface area contributed by atoms with Crippen LogP contribution in [-0.4, -0.2) is 115 Å². The van der Waals surface area contributed by atoms with Crippen molar-refractivity contribution < 1.29 is 121 Å². The van der Waals surface area contributed by atoms with E-state index < -0.39 is 9.84 Å². The standard InChI is InChI=1S/C11H24NO2S.C11H24N.C10H22N.6CH4.3Y.H2/c1-5-10-6-11(9-15(4,13)14)8-12(2,3)7-10;1-5-10-7-11(6-2)9-12(3,4)8-10;1-5-9-7-11(3,4)8-10(9)6-2;;;;;;;;;;/h10-11H,5-9H2,1-4H3;10-11H,5-9H2,1-4H3;9-10H,5-8H2,1-4H3;6*1H4;;;;1H/q3*+1;;;;;;;;;;/i;;;;;;;;;;;;1+1. The van der Waals surface area contributed by atoms with E-state index in [1.807, 2.05) is 0 Å². The molecule has 0 saturated carbocycles. The number of likely N-dealkylation sites (tertiary alicyclic amines) is 3. The summed E-state index contributed by atoms with van der Waals surface area (Å²) < 4.78 is 26.1. The molecular formula is C38H96N3O2SY3+3. The molecule has 0 spiro atoms. The molecule has 0 N–H and O–H groups in total. The molecule has 3 fully saturated rings. The molecule has 0 aromatic heterocycles. The molecule has 0 amide bonds. The summed E-state index contributed by atoms with van der Waals surface area (Å²) in [4.78, 5) is 0. The van der Waals surface area contributed by atoms with E-state index >= 15 is 0 Å². The maximum Gasteiger partial charge on any atom is 0.147 e. The van der Waals surface area contributed by atoms with Crippen molar-refractivity contribution in [3.63, 3.8) is 0 Å². The molecule has 9 heteroatoms. The summed E-state index contributed by atoms with van der Waals surface area (Å²) >= 11 is 0. The first kappa shape index (κ1) is 71.5. The smallest absolute Gasteiger partial charge is 0.147 e. The van der Waals surface area contributed by atoms with Crippen LogP contribution in [-0.2, 0) is 108 Å². The number of rotatable bonds is 7. The van der Waals surface area contributed by atoms with Gasteiger partial charge in [-0.15, -0.1) is 0 Å². The average molecular weight is 927 g/mol. The minimum atomic E-state index is -2.82. The van der Waals surface area contributed by atoms with Crippen molar-refractivity contribution in [1.29, 1.82) is 0 Å². The zero-order valence-corrected chi connectivity index (χ0v) is 39.0. The van der Waals surface area contributed by atoms with Crippen LogP contribution in [0.5, 0.6) is 0 Å². The zero-order chi connectivity index (χ0) is 29.4. The van der Waals surface area contributed by atoms with Crippen LogP contribution in [0.3, 0.4) is 0 Å². The van der Waals surface area contributed by atoms with Crippen molar-refractivity contribution in [3.8, 4) is 0 Å². The second kappa shape index (κ2) is 32.6. The number of quaternary nitrogens is 3. The summed E-state index contributed by atoms with van der Waals surface area (Å²) in [6, 6.07) is 0. The molecule has 3 aliphatic rings. The third-order valence-electron chi connectivity index (χ3n) is 9.79. The minimum absolute atomic E-state index is 0. The fraction of sp³-hybridized carbons (Fsp3) is 1.00. The van der Waals surface area contributed by atoms with Gasteiger partial charge in [0.25, 0.3) is 0 Å². The Bertz CT molecular complexity index is 774. The molecule has 5 nitrogen and oxygen atoms in total. The average Bonchev–Trinajstić information content (AvgIpc) is 3.10. The molecule has 0 bridgehead atoms. The Hall–Kier alpha value is 3.14. The van der Waals surface area contributed by atoms with Gasteiger partial charge in [-0.3, -0.25) is 0 Å². The Morgan fingerprint density at radius 1 is 0.468 bits per heavy atom. The van der Waals surface area contributed by atoms with E-state index in [1.54, 1.807) is 0 Å². The summed E-state index contributed by atoms with van der Waals surface area (Å²) in [5, 5.41) is 0. The summed E-state index contributed by atoms with van der Waals surface area (Å²) in [5.41, 5.74) is 0. The summed E-state index contributed by atoms with van der Waals surface area (Å²) in [5.74, 6) is 5.38. The Labute approximate surface area is 379 Å². The van der Waals surface area contributed by atoms with Gasteiger partial charge < -0.3 is 13.4 Å². The molecule has 287 valence electrons. The molecule has 0 aromatic rings. The van der Waals surface area contributed by atoms with Crippen LogP contribution in [0.25, 0.3) is 0 Å². The van der Waals surface area contributed by atoms with Crippen LogP contribution in [0.15, 0.2) is 0 Å². The summed E-state index contributed by atoms with van der Waals surface area (Å²) in [6.45, 7) is 19.3. The first-order valence-electron chi connectivity index (χ1n) is 16.0. The van der Waals surface area contributed by atoms with Gasteiger partial charge in [-0.1, -0.05) is 79.2 Å². The van der Waals surface area contributed by atoms with Crippen LogP contribution in [0.4, 0.5) is 0 Å². The normalized spacial score (nSPS) is 27.4. The maximum absolute atomic E-state index is 11.3. The fourth-order valence-electron chi connectivity index (χ4n) is 8.19. The molecule has 47 heavy (non-hydrogen) atoms. The fourth-order valence-corrected chi connectivity index (χ4v) is 9.29. The van der Waals surface area contributed by atoms with Crippen LogP contribution in [0, 0.1) is 35.5 Å². The van der Waals surface area contributed by atoms with Gasteiger partial charge in [-0.2, -0.15) is 0 Å². The van der Waals surface area contributed by atoms with Gasteiger partial charge in [0.2, 0.25) is 0 Å². The third-order valence-corrected chi connectivity index (χ3v) is 10.9. The van der Waals surface area contributed by atoms with Crippen molar-refractivity contribution in [3.05, 3.63) is 0 Å². The predicted octanol–water partition coefficient (Wildman–Crippen LogP) is 9.86. The van der Waals surface area contributed by atoms with Crippen LogP contribution < -0.4 is 0 Å². The summed E-state index contributed by atoms with van der Waals surface area (Å²) in [6.07, 6.45) is 10.6. The predicted molar refractivity (Wildman–Crippen MR) is 209 cm³/mol. The SMILES string of the molecule is C.C.C.C.C.C.CCC1CC(CC)C[N+](C)(C)C1.CCC1CC(CS(C)(=O)=O)C[N+](C)(C)C1.CCC1C[N+](C)(C)CC1CC.[2HH].[Y].[Y].[Y]. The van der Waals surface area contributed by atoms with Crippen LogP contribution in [0.1, 0.15) is 126 Å². The van der Waals surface area contributed by atoms with Crippen molar-refractivity contribution >= 4 is 9.84 Å². The molecule has 3 heterocycles. The van der Waals surface area contributed by atoms with Gasteiger partial charge in [0.1, 0.15) is 9.84 Å². The summed E-state index contributed by atoms with van der Waals surface area (Å²) in [7, 11) is 11.1. The first-order valence-corrected chi connectivity index (χ1v) is 18.1. The first-order chi connectivity index (χ1) is 17.4. The van der Waals surface area contributed by atoms with E-state index in [0.29, 0.717) is 17.6 Å². The van der Waals surface area contributed by atoms with Crippen LogP contribution in [0.2, 0.25) is 0 Å². The molecule has 3 rings (SSSR count).